The molecular formula is C35H42N6O5S. The highest BCUT2D eigenvalue weighted by atomic mass is 32.1. The summed E-state index contributed by atoms with van der Waals surface area (Å²) in [6.07, 6.45) is 3.66. The molecule has 1 aromatic carbocycles. The van der Waals surface area contributed by atoms with Crippen molar-refractivity contribution < 1.29 is 23.9 Å². The molecule has 0 atom stereocenters. The molecule has 3 amide bonds. The van der Waals surface area contributed by atoms with Crippen molar-refractivity contribution in [1.29, 1.82) is 0 Å². The minimum Gasteiger partial charge on any atom is -0.444 e. The Hall–Kier alpha value is -4.45. The van der Waals surface area contributed by atoms with E-state index in [9.17, 15) is 14.4 Å². The maximum absolute atomic E-state index is 13.5. The topological polar surface area (TPSA) is 119 Å². The number of pyridine rings is 1. The number of imidazole rings is 1. The molecule has 4 aromatic rings. The van der Waals surface area contributed by atoms with Crippen LogP contribution in [-0.2, 0) is 9.47 Å². The van der Waals surface area contributed by atoms with E-state index in [4.69, 9.17) is 14.5 Å². The van der Waals surface area contributed by atoms with Crippen LogP contribution in [0.4, 0.5) is 21.4 Å². The highest BCUT2D eigenvalue weighted by Crippen LogP contribution is 2.55. The van der Waals surface area contributed by atoms with Crippen LogP contribution in [0.1, 0.15) is 76.5 Å². The van der Waals surface area contributed by atoms with E-state index in [0.717, 1.165) is 40.7 Å². The number of para-hydroxylation sites is 2. The van der Waals surface area contributed by atoms with Crippen LogP contribution in [0.15, 0.2) is 54.7 Å². The number of fused-ring (bicyclic) bond motifs is 1. The van der Waals surface area contributed by atoms with Gasteiger partial charge in [-0.25, -0.2) is 19.6 Å². The minimum atomic E-state index is -0.607. The van der Waals surface area contributed by atoms with E-state index in [1.807, 2.05) is 82.8 Å². The number of nitrogens with zero attached hydrogens (tertiary/aromatic N) is 5. The van der Waals surface area contributed by atoms with E-state index in [-0.39, 0.29) is 23.5 Å². The number of nitrogens with one attached hydrogen (secondary N) is 1. The first-order valence-electron chi connectivity index (χ1n) is 15.9. The molecule has 0 unspecified atom stereocenters. The highest BCUT2D eigenvalue weighted by Gasteiger charge is 2.51. The summed E-state index contributed by atoms with van der Waals surface area (Å²) < 4.78 is 13.2. The molecule has 0 radical (unpaired) electrons. The first kappa shape index (κ1) is 32.5. The molecule has 6 rings (SSSR count). The smallest absolute Gasteiger partial charge is 0.415 e. The average molecular weight is 659 g/mol. The van der Waals surface area contributed by atoms with Crippen molar-refractivity contribution in [2.75, 3.05) is 30.4 Å². The van der Waals surface area contributed by atoms with Crippen LogP contribution >= 0.6 is 11.3 Å². The second kappa shape index (κ2) is 12.0. The van der Waals surface area contributed by atoms with Gasteiger partial charge in [-0.1, -0.05) is 12.1 Å². The number of carbonyl (C=O) groups excluding carboxylic acids is 3. The largest absolute Gasteiger partial charge is 0.444 e. The summed E-state index contributed by atoms with van der Waals surface area (Å²) in [6.45, 7) is 12.5. The molecular weight excluding hydrogens is 616 g/mol. The number of hydrogen-bond donors (Lipinski definition) is 1. The summed E-state index contributed by atoms with van der Waals surface area (Å²) in [5.74, 6) is 0.742. The van der Waals surface area contributed by atoms with Crippen LogP contribution in [-0.4, -0.2) is 68.9 Å². The summed E-state index contributed by atoms with van der Waals surface area (Å²) >= 11 is 1.36. The third-order valence-corrected chi connectivity index (χ3v) is 9.62. The average Bonchev–Trinajstić information content (AvgIpc) is 3.72. The van der Waals surface area contributed by atoms with Crippen molar-refractivity contribution in [1.82, 2.24) is 19.4 Å². The van der Waals surface area contributed by atoms with Crippen molar-refractivity contribution in [3.05, 3.63) is 59.6 Å². The first-order valence-corrected chi connectivity index (χ1v) is 16.7. The minimum absolute atomic E-state index is 0.0438. The molecule has 2 aliphatic rings. The zero-order valence-electron chi connectivity index (χ0n) is 28.0. The normalized spacial score (nSPS) is 19.5. The van der Waals surface area contributed by atoms with Gasteiger partial charge < -0.3 is 18.9 Å². The van der Waals surface area contributed by atoms with Gasteiger partial charge in [-0.15, -0.1) is 11.3 Å². The zero-order chi connectivity index (χ0) is 33.7. The lowest BCUT2D eigenvalue weighted by molar-refractivity contribution is 0.0199. The summed E-state index contributed by atoms with van der Waals surface area (Å²) in [5.41, 5.74) is 1.54. The maximum Gasteiger partial charge on any atom is 0.415 e. The standard InChI is InChI=1S/C35H42N6O5S/c1-33(2,3)45-31(43)39(7)28-15-12-22(20-36-28)26-13-14-27(47-26)29(42)38-30-37-24-10-8-9-11-25(24)41(30)23-18-35(19-23)16-17-40(21-35)32(44)46-34(4,5)6/h8-15,20,23H,16-19,21H2,1-7H3,(H,37,38,42). The lowest BCUT2D eigenvalue weighted by Crippen LogP contribution is -2.43. The predicted octanol–water partition coefficient (Wildman–Crippen LogP) is 7.75. The number of hydrogen-bond acceptors (Lipinski definition) is 8. The van der Waals surface area contributed by atoms with Crippen LogP contribution < -0.4 is 10.2 Å². The third-order valence-electron chi connectivity index (χ3n) is 8.49. The molecule has 47 heavy (non-hydrogen) atoms. The number of amides is 3. The monoisotopic (exact) mass is 658 g/mol. The molecule has 3 aromatic heterocycles. The number of likely N-dealkylation sites (tertiary alicyclic amines) is 1. The number of anilines is 2. The first-order chi connectivity index (χ1) is 22.1. The Bertz CT molecular complexity index is 1810. The van der Waals surface area contributed by atoms with E-state index in [1.54, 1.807) is 25.4 Å². The fourth-order valence-electron chi connectivity index (χ4n) is 6.31. The van der Waals surface area contributed by atoms with E-state index < -0.39 is 17.3 Å². The summed E-state index contributed by atoms with van der Waals surface area (Å²) in [7, 11) is 1.62. The van der Waals surface area contributed by atoms with Gasteiger partial charge in [0.15, 0.2) is 0 Å². The predicted molar refractivity (Wildman–Crippen MR) is 183 cm³/mol. The van der Waals surface area contributed by atoms with E-state index in [1.165, 1.54) is 16.2 Å². The summed E-state index contributed by atoms with van der Waals surface area (Å²) in [5, 5.41) is 3.08. The number of ether oxygens (including phenoxy) is 2. The van der Waals surface area contributed by atoms with Crippen LogP contribution in [0.5, 0.6) is 0 Å². The molecule has 248 valence electrons. The van der Waals surface area contributed by atoms with Gasteiger partial charge in [0, 0.05) is 42.8 Å². The van der Waals surface area contributed by atoms with Gasteiger partial charge in [0.1, 0.15) is 17.0 Å². The molecule has 0 bridgehead atoms. The molecule has 4 heterocycles. The summed E-state index contributed by atoms with van der Waals surface area (Å²) in [6, 6.07) is 15.4. The van der Waals surface area contributed by atoms with Gasteiger partial charge >= 0.3 is 12.2 Å². The Kier molecular flexibility index (Phi) is 8.27. The van der Waals surface area contributed by atoms with Gasteiger partial charge in [0.2, 0.25) is 5.95 Å². The van der Waals surface area contributed by atoms with E-state index >= 15 is 0 Å². The van der Waals surface area contributed by atoms with Crippen molar-refractivity contribution >= 4 is 52.2 Å². The van der Waals surface area contributed by atoms with Gasteiger partial charge in [0.05, 0.1) is 15.9 Å². The highest BCUT2D eigenvalue weighted by molar-refractivity contribution is 7.17. The lowest BCUT2D eigenvalue weighted by atomic mass is 9.65. The molecule has 2 fully saturated rings. The number of aromatic nitrogens is 3. The van der Waals surface area contributed by atoms with Gasteiger partial charge in [-0.3, -0.25) is 15.0 Å². The molecule has 1 aliphatic carbocycles. The molecule has 12 heteroatoms. The molecule has 1 saturated heterocycles. The molecule has 1 aliphatic heterocycles. The molecule has 1 spiro atoms. The number of thiophene rings is 1. The number of rotatable bonds is 5. The zero-order valence-corrected chi connectivity index (χ0v) is 28.8. The van der Waals surface area contributed by atoms with Crippen molar-refractivity contribution in [3.63, 3.8) is 0 Å². The Balaban J connectivity index is 1.14. The quantitative estimate of drug-likeness (QED) is 0.233. The molecule has 1 saturated carbocycles. The van der Waals surface area contributed by atoms with E-state index in [0.29, 0.717) is 29.7 Å². The lowest BCUT2D eigenvalue weighted by Gasteiger charge is -2.46. The fraction of sp³-hybridized carbons (Fsp3) is 0.457. The van der Waals surface area contributed by atoms with Gasteiger partial charge in [-0.2, -0.15) is 0 Å². The van der Waals surface area contributed by atoms with Crippen LogP contribution in [0.25, 0.3) is 21.5 Å². The Morgan fingerprint density at radius 2 is 1.70 bits per heavy atom. The fourth-order valence-corrected chi connectivity index (χ4v) is 7.20. The maximum atomic E-state index is 13.5. The Morgan fingerprint density at radius 1 is 0.979 bits per heavy atom. The SMILES string of the molecule is CN(C(=O)OC(C)(C)C)c1ccc(-c2ccc(C(=O)Nc3nc4ccccc4n3C3CC4(CCN(C(=O)OC(C)(C)C)C4)C3)s2)cn1. The van der Waals surface area contributed by atoms with Crippen molar-refractivity contribution in [3.8, 4) is 10.4 Å². The molecule has 1 N–H and O–H groups in total. The van der Waals surface area contributed by atoms with Crippen LogP contribution in [0.2, 0.25) is 0 Å². The number of carbonyl (C=O) groups is 3. The van der Waals surface area contributed by atoms with Gasteiger partial charge in [0.25, 0.3) is 5.91 Å². The molecule has 11 nitrogen and oxygen atoms in total. The van der Waals surface area contributed by atoms with E-state index in [2.05, 4.69) is 14.9 Å². The van der Waals surface area contributed by atoms with Crippen LogP contribution in [0, 0.1) is 5.41 Å². The Morgan fingerprint density at radius 3 is 2.38 bits per heavy atom. The second-order valence-corrected chi connectivity index (χ2v) is 15.7. The Labute approximate surface area is 278 Å². The third kappa shape index (κ3) is 6.97. The van der Waals surface area contributed by atoms with Crippen LogP contribution in [0.3, 0.4) is 0 Å². The van der Waals surface area contributed by atoms with Crippen molar-refractivity contribution in [2.45, 2.75) is 78.0 Å². The summed E-state index contributed by atoms with van der Waals surface area (Å²) in [4.78, 5) is 52.5. The van der Waals surface area contributed by atoms with Gasteiger partial charge in [-0.05, 0) is 103 Å². The van der Waals surface area contributed by atoms with Crippen molar-refractivity contribution in [2.24, 2.45) is 5.41 Å². The second-order valence-electron chi connectivity index (χ2n) is 14.6. The number of benzene rings is 1.